The Labute approximate surface area is 167 Å². The lowest BCUT2D eigenvalue weighted by Gasteiger charge is -2.34. The van der Waals surface area contributed by atoms with Crippen molar-refractivity contribution in [2.45, 2.75) is 51.2 Å². The molecule has 0 saturated heterocycles. The van der Waals surface area contributed by atoms with Gasteiger partial charge in [-0.2, -0.15) is 0 Å². The number of hydrogen-bond acceptors (Lipinski definition) is 6. The van der Waals surface area contributed by atoms with Crippen molar-refractivity contribution in [3.05, 3.63) is 47.7 Å². The van der Waals surface area contributed by atoms with Crippen LogP contribution in [0.15, 0.2) is 41.9 Å². The highest BCUT2D eigenvalue weighted by molar-refractivity contribution is 7.13. The summed E-state index contributed by atoms with van der Waals surface area (Å²) >= 11 is 1.54. The summed E-state index contributed by atoms with van der Waals surface area (Å²) in [6, 6.07) is 10.0. The van der Waals surface area contributed by atoms with Crippen LogP contribution in [-0.2, 0) is 4.74 Å². The first kappa shape index (κ1) is 18.6. The molecule has 0 aliphatic heterocycles. The first-order valence-corrected chi connectivity index (χ1v) is 10.2. The summed E-state index contributed by atoms with van der Waals surface area (Å²) in [7, 11) is 0. The van der Waals surface area contributed by atoms with Crippen molar-refractivity contribution >= 4 is 17.4 Å². The maximum atomic E-state index is 12.0. The number of carbonyl (C=O) groups excluding carboxylic acids is 1. The molecule has 1 N–H and O–H groups in total. The monoisotopic (exact) mass is 397 g/mol. The maximum absolute atomic E-state index is 12.0. The van der Waals surface area contributed by atoms with E-state index >= 15 is 0 Å². The number of thiazole rings is 1. The molecule has 0 unspecified atom stereocenters. The van der Waals surface area contributed by atoms with Gasteiger partial charge in [-0.05, 0) is 45.7 Å². The van der Waals surface area contributed by atoms with Crippen LogP contribution < -0.4 is 5.32 Å². The molecule has 7 nitrogen and oxygen atoms in total. The number of amides is 1. The molecule has 0 radical (unpaired) electrons. The number of ether oxygens (including phenoxy) is 1. The van der Waals surface area contributed by atoms with Crippen molar-refractivity contribution in [1.29, 1.82) is 0 Å². The highest BCUT2D eigenvalue weighted by Gasteiger charge is 2.38. The highest BCUT2D eigenvalue weighted by atomic mass is 32.1. The van der Waals surface area contributed by atoms with Gasteiger partial charge in [0.1, 0.15) is 11.9 Å². The number of aromatic nitrogens is 4. The Morgan fingerprint density at radius 2 is 1.96 bits per heavy atom. The summed E-state index contributed by atoms with van der Waals surface area (Å²) in [5, 5.41) is 14.5. The Balaban J connectivity index is 1.53. The molecule has 28 heavy (non-hydrogen) atoms. The van der Waals surface area contributed by atoms with E-state index in [1.165, 1.54) is 11.3 Å². The fraction of sp³-hybridized carbons (Fsp3) is 0.400. The van der Waals surface area contributed by atoms with Gasteiger partial charge in [-0.25, -0.2) is 9.78 Å². The summed E-state index contributed by atoms with van der Waals surface area (Å²) in [6.45, 7) is 5.79. The van der Waals surface area contributed by atoms with Gasteiger partial charge in [-0.1, -0.05) is 18.2 Å². The van der Waals surface area contributed by atoms with Crippen LogP contribution in [0.2, 0.25) is 0 Å². The minimum absolute atomic E-state index is 0.100. The Bertz CT molecular complexity index is 941. The second-order valence-corrected chi connectivity index (χ2v) is 8.86. The molecule has 1 aliphatic carbocycles. The largest absolute Gasteiger partial charge is 0.446 e. The van der Waals surface area contributed by atoms with Crippen LogP contribution >= 0.6 is 11.3 Å². The van der Waals surface area contributed by atoms with Gasteiger partial charge in [0, 0.05) is 28.7 Å². The highest BCUT2D eigenvalue weighted by Crippen LogP contribution is 2.40. The third kappa shape index (κ3) is 3.91. The Morgan fingerprint density at radius 1 is 1.21 bits per heavy atom. The molecule has 1 amide bonds. The SMILES string of the molecule is CC(C)(C)NC(=O)OC1CC(c2nnc(-c3nccs3)n2-c2ccccc2)C1. The predicted molar refractivity (Wildman–Crippen MR) is 108 cm³/mol. The van der Waals surface area contributed by atoms with Gasteiger partial charge < -0.3 is 10.1 Å². The Kier molecular flexibility index (Phi) is 4.89. The number of nitrogens with zero attached hydrogens (tertiary/aromatic N) is 4. The molecule has 0 spiro atoms. The van der Waals surface area contributed by atoms with E-state index < -0.39 is 0 Å². The van der Waals surface area contributed by atoms with Crippen LogP contribution in [0.25, 0.3) is 16.5 Å². The molecular formula is C20H23N5O2S. The Hall–Kier alpha value is -2.74. The lowest BCUT2D eigenvalue weighted by molar-refractivity contribution is 0.0336. The van der Waals surface area contributed by atoms with Gasteiger partial charge in [0.15, 0.2) is 10.8 Å². The molecule has 4 rings (SSSR count). The van der Waals surface area contributed by atoms with Crippen LogP contribution in [0.1, 0.15) is 45.4 Å². The number of carbonyl (C=O) groups is 1. The van der Waals surface area contributed by atoms with E-state index in [0.29, 0.717) is 0 Å². The van der Waals surface area contributed by atoms with E-state index in [-0.39, 0.29) is 23.7 Å². The topological polar surface area (TPSA) is 81.9 Å². The minimum atomic E-state index is -0.371. The maximum Gasteiger partial charge on any atom is 0.407 e. The number of nitrogens with one attached hydrogen (secondary N) is 1. The fourth-order valence-electron chi connectivity index (χ4n) is 3.22. The molecule has 0 atom stereocenters. The molecule has 1 saturated carbocycles. The van der Waals surface area contributed by atoms with Crippen molar-refractivity contribution < 1.29 is 9.53 Å². The van der Waals surface area contributed by atoms with Gasteiger partial charge in [0.2, 0.25) is 0 Å². The van der Waals surface area contributed by atoms with Crippen LogP contribution in [0.5, 0.6) is 0 Å². The lowest BCUT2D eigenvalue weighted by atomic mass is 9.81. The van der Waals surface area contributed by atoms with Crippen LogP contribution in [0.4, 0.5) is 4.79 Å². The van der Waals surface area contributed by atoms with Gasteiger partial charge in [-0.3, -0.25) is 4.57 Å². The zero-order valence-electron chi connectivity index (χ0n) is 16.1. The number of benzene rings is 1. The second kappa shape index (κ2) is 7.35. The third-order valence-electron chi connectivity index (χ3n) is 4.54. The van der Waals surface area contributed by atoms with Gasteiger partial charge in [-0.15, -0.1) is 21.5 Å². The zero-order chi connectivity index (χ0) is 19.7. The summed E-state index contributed by atoms with van der Waals surface area (Å²) in [6.07, 6.45) is 2.77. The quantitative estimate of drug-likeness (QED) is 0.715. The lowest BCUT2D eigenvalue weighted by Crippen LogP contribution is -2.44. The summed E-state index contributed by atoms with van der Waals surface area (Å²) in [5.74, 6) is 1.81. The average Bonchev–Trinajstić information content (AvgIpc) is 3.26. The molecule has 1 aliphatic rings. The van der Waals surface area contributed by atoms with E-state index in [1.807, 2.05) is 56.5 Å². The van der Waals surface area contributed by atoms with Crippen LogP contribution in [0.3, 0.4) is 0 Å². The van der Waals surface area contributed by atoms with E-state index in [0.717, 1.165) is 35.2 Å². The van der Waals surface area contributed by atoms with Gasteiger partial charge in [0.05, 0.1) is 0 Å². The van der Waals surface area contributed by atoms with Crippen molar-refractivity contribution in [3.8, 4) is 16.5 Å². The summed E-state index contributed by atoms with van der Waals surface area (Å²) in [4.78, 5) is 16.4. The van der Waals surface area contributed by atoms with E-state index in [1.54, 1.807) is 6.20 Å². The second-order valence-electron chi connectivity index (χ2n) is 7.96. The predicted octanol–water partition coefficient (Wildman–Crippen LogP) is 4.16. The van der Waals surface area contributed by atoms with Gasteiger partial charge in [0.25, 0.3) is 0 Å². The standard InChI is InChI=1S/C20H23N5O2S/c1-20(2,3)22-19(26)27-15-11-13(12-15)16-23-24-17(18-21-9-10-28-18)25(16)14-7-5-4-6-8-14/h4-10,13,15H,11-12H2,1-3H3,(H,22,26). The molecular weight excluding hydrogens is 374 g/mol. The van der Waals surface area contributed by atoms with Crippen molar-refractivity contribution in [2.75, 3.05) is 0 Å². The summed E-state index contributed by atoms with van der Waals surface area (Å²) in [5.41, 5.74) is 0.693. The smallest absolute Gasteiger partial charge is 0.407 e. The average molecular weight is 398 g/mol. The van der Waals surface area contributed by atoms with Gasteiger partial charge >= 0.3 is 6.09 Å². The van der Waals surface area contributed by atoms with Crippen LogP contribution in [0, 0.1) is 0 Å². The van der Waals surface area contributed by atoms with E-state index in [9.17, 15) is 4.79 Å². The van der Waals surface area contributed by atoms with E-state index in [4.69, 9.17) is 4.74 Å². The number of rotatable bonds is 4. The van der Waals surface area contributed by atoms with Crippen LogP contribution in [-0.4, -0.2) is 37.5 Å². The molecule has 146 valence electrons. The number of alkyl carbamates (subject to hydrolysis) is 1. The number of hydrogen-bond donors (Lipinski definition) is 1. The van der Waals surface area contributed by atoms with Crippen molar-refractivity contribution in [2.24, 2.45) is 0 Å². The molecule has 1 fully saturated rings. The minimum Gasteiger partial charge on any atom is -0.446 e. The molecule has 0 bridgehead atoms. The Morgan fingerprint density at radius 3 is 2.61 bits per heavy atom. The summed E-state index contributed by atoms with van der Waals surface area (Å²) < 4.78 is 7.59. The molecule has 2 aromatic heterocycles. The zero-order valence-corrected chi connectivity index (χ0v) is 16.9. The molecule has 1 aromatic carbocycles. The normalized spacial score (nSPS) is 19.1. The molecule has 2 heterocycles. The first-order chi connectivity index (χ1) is 13.4. The van der Waals surface area contributed by atoms with Crippen molar-refractivity contribution in [3.63, 3.8) is 0 Å². The third-order valence-corrected chi connectivity index (χ3v) is 5.31. The first-order valence-electron chi connectivity index (χ1n) is 9.30. The van der Waals surface area contributed by atoms with E-state index in [2.05, 4.69) is 25.1 Å². The molecule has 8 heteroatoms. The molecule has 3 aromatic rings. The number of para-hydroxylation sites is 1. The fourth-order valence-corrected chi connectivity index (χ4v) is 3.83. The van der Waals surface area contributed by atoms with Crippen molar-refractivity contribution in [1.82, 2.24) is 25.1 Å².